The van der Waals surface area contributed by atoms with Crippen LogP contribution in [0, 0.1) is 0 Å². The molecule has 5 nitrogen and oxygen atoms in total. The van der Waals surface area contributed by atoms with Crippen molar-refractivity contribution in [3.8, 4) is 0 Å². The second kappa shape index (κ2) is 8.82. The van der Waals surface area contributed by atoms with Crippen LogP contribution < -0.4 is 10.6 Å². The van der Waals surface area contributed by atoms with Gasteiger partial charge in [0.05, 0.1) is 6.42 Å². The summed E-state index contributed by atoms with van der Waals surface area (Å²) in [6.07, 6.45) is 1.31. The van der Waals surface area contributed by atoms with Crippen molar-refractivity contribution in [2.24, 2.45) is 0 Å². The molecule has 1 fully saturated rings. The first kappa shape index (κ1) is 17.7. The van der Waals surface area contributed by atoms with Crippen LogP contribution in [0.3, 0.4) is 0 Å². The molecule has 1 saturated heterocycles. The lowest BCUT2D eigenvalue weighted by atomic mass is 10.1. The number of carbonyl (C=O) groups excluding carboxylic acids is 2. The molecular weight excluding hydrogens is 310 g/mol. The van der Waals surface area contributed by atoms with Gasteiger partial charge in [-0.15, -0.1) is 0 Å². The number of hydrogen-bond donors (Lipinski definition) is 2. The van der Waals surface area contributed by atoms with Gasteiger partial charge in [0.15, 0.2) is 0 Å². The van der Waals surface area contributed by atoms with Gasteiger partial charge in [0.25, 0.3) is 0 Å². The van der Waals surface area contributed by atoms with Gasteiger partial charge >= 0.3 is 6.03 Å². The van der Waals surface area contributed by atoms with Gasteiger partial charge in [0.1, 0.15) is 0 Å². The number of nitrogens with one attached hydrogen (secondary N) is 2. The molecule has 1 aromatic carbocycles. The Hall–Kier alpha value is -1.69. The Morgan fingerprint density at radius 2 is 1.87 bits per heavy atom. The number of rotatable bonds is 5. The largest absolute Gasteiger partial charge is 0.341 e. The average Bonchev–Trinajstić information content (AvgIpc) is 2.57. The Bertz CT molecular complexity index is 527. The highest BCUT2D eigenvalue weighted by Gasteiger charge is 2.16. The Morgan fingerprint density at radius 1 is 1.22 bits per heavy atom. The molecule has 2 rings (SSSR count). The summed E-state index contributed by atoms with van der Waals surface area (Å²) >= 11 is 1.90. The number of anilines is 1. The van der Waals surface area contributed by atoms with Crippen molar-refractivity contribution < 1.29 is 9.59 Å². The number of hydrogen-bond acceptors (Lipinski definition) is 3. The molecule has 1 aliphatic rings. The fourth-order valence-corrected chi connectivity index (χ4v) is 3.20. The summed E-state index contributed by atoms with van der Waals surface area (Å²) in [4.78, 5) is 25.9. The van der Waals surface area contributed by atoms with E-state index in [1.54, 1.807) is 0 Å². The van der Waals surface area contributed by atoms with Crippen LogP contribution in [0.2, 0.25) is 0 Å². The van der Waals surface area contributed by atoms with Crippen molar-refractivity contribution in [3.05, 3.63) is 29.8 Å². The first-order chi connectivity index (χ1) is 11.1. The summed E-state index contributed by atoms with van der Waals surface area (Å²) < 4.78 is 0. The maximum absolute atomic E-state index is 12.2. The van der Waals surface area contributed by atoms with E-state index in [-0.39, 0.29) is 18.0 Å². The zero-order valence-electron chi connectivity index (χ0n) is 13.8. The normalized spacial score (nSPS) is 15.8. The van der Waals surface area contributed by atoms with E-state index in [2.05, 4.69) is 10.6 Å². The monoisotopic (exact) mass is 335 g/mol. The minimum absolute atomic E-state index is 0.148. The Kier molecular flexibility index (Phi) is 6.77. The second-order valence-corrected chi connectivity index (χ2v) is 7.00. The fourth-order valence-electron chi connectivity index (χ4n) is 2.30. The van der Waals surface area contributed by atoms with Gasteiger partial charge in [-0.1, -0.05) is 19.1 Å². The molecule has 2 N–H and O–H groups in total. The maximum atomic E-state index is 12.2. The lowest BCUT2D eigenvalue weighted by molar-refractivity contribution is -0.130. The molecule has 3 amide bonds. The van der Waals surface area contributed by atoms with Crippen molar-refractivity contribution in [1.82, 2.24) is 10.2 Å². The van der Waals surface area contributed by atoms with E-state index in [1.165, 1.54) is 0 Å². The summed E-state index contributed by atoms with van der Waals surface area (Å²) in [6.45, 7) is 5.68. The van der Waals surface area contributed by atoms with Gasteiger partial charge < -0.3 is 15.5 Å². The molecule has 1 aliphatic heterocycles. The molecule has 0 spiro atoms. The predicted molar refractivity (Wildman–Crippen MR) is 96.0 cm³/mol. The lowest BCUT2D eigenvalue weighted by Crippen LogP contribution is -2.38. The van der Waals surface area contributed by atoms with E-state index in [0.29, 0.717) is 6.42 Å². The molecule has 1 aromatic rings. The summed E-state index contributed by atoms with van der Waals surface area (Å²) in [5, 5.41) is 5.66. The van der Waals surface area contributed by atoms with Crippen LogP contribution in [0.5, 0.6) is 0 Å². The average molecular weight is 335 g/mol. The molecule has 1 atom stereocenters. The van der Waals surface area contributed by atoms with Crippen molar-refractivity contribution in [1.29, 1.82) is 0 Å². The third kappa shape index (κ3) is 5.78. The van der Waals surface area contributed by atoms with Crippen molar-refractivity contribution >= 4 is 29.4 Å². The van der Waals surface area contributed by atoms with Gasteiger partial charge in [-0.25, -0.2) is 4.79 Å². The van der Waals surface area contributed by atoms with Crippen LogP contribution in [0.15, 0.2) is 24.3 Å². The SMILES string of the molecule is CC[C@H](C)NC(=O)Nc1ccc(CC(=O)N2CCSCC2)cc1. The number of nitrogens with zero attached hydrogens (tertiary/aromatic N) is 1. The maximum Gasteiger partial charge on any atom is 0.319 e. The zero-order valence-corrected chi connectivity index (χ0v) is 14.6. The van der Waals surface area contributed by atoms with Crippen LogP contribution in [-0.2, 0) is 11.2 Å². The lowest BCUT2D eigenvalue weighted by Gasteiger charge is -2.26. The van der Waals surface area contributed by atoms with E-state index in [9.17, 15) is 9.59 Å². The molecule has 0 radical (unpaired) electrons. The molecule has 6 heteroatoms. The Balaban J connectivity index is 1.84. The van der Waals surface area contributed by atoms with Gasteiger partial charge in [-0.3, -0.25) is 4.79 Å². The molecule has 1 heterocycles. The molecule has 0 unspecified atom stereocenters. The van der Waals surface area contributed by atoms with Crippen LogP contribution in [0.4, 0.5) is 10.5 Å². The van der Waals surface area contributed by atoms with E-state index < -0.39 is 0 Å². The Morgan fingerprint density at radius 3 is 2.48 bits per heavy atom. The number of benzene rings is 1. The first-order valence-electron chi connectivity index (χ1n) is 8.10. The molecule has 0 saturated carbocycles. The second-order valence-electron chi connectivity index (χ2n) is 5.77. The first-order valence-corrected chi connectivity index (χ1v) is 9.26. The van der Waals surface area contributed by atoms with E-state index >= 15 is 0 Å². The molecular formula is C17H25N3O2S. The number of carbonyl (C=O) groups is 2. The molecule has 0 aliphatic carbocycles. The van der Waals surface area contributed by atoms with Crippen molar-refractivity contribution in [2.75, 3.05) is 29.9 Å². The van der Waals surface area contributed by atoms with Crippen molar-refractivity contribution in [2.45, 2.75) is 32.7 Å². The van der Waals surface area contributed by atoms with Gasteiger partial charge in [0.2, 0.25) is 5.91 Å². The minimum Gasteiger partial charge on any atom is -0.341 e. The summed E-state index contributed by atoms with van der Waals surface area (Å²) in [5.74, 6) is 2.24. The van der Waals surface area contributed by atoms with Crippen LogP contribution in [0.25, 0.3) is 0 Å². The van der Waals surface area contributed by atoms with E-state index in [1.807, 2.05) is 54.8 Å². The number of urea groups is 1. The quantitative estimate of drug-likeness (QED) is 0.870. The van der Waals surface area contributed by atoms with Crippen LogP contribution >= 0.6 is 11.8 Å². The topological polar surface area (TPSA) is 61.4 Å². The highest BCUT2D eigenvalue weighted by Crippen LogP contribution is 2.14. The summed E-state index contributed by atoms with van der Waals surface area (Å²) in [7, 11) is 0. The fraction of sp³-hybridized carbons (Fsp3) is 0.529. The van der Waals surface area contributed by atoms with Crippen LogP contribution in [-0.4, -0.2) is 47.5 Å². The summed E-state index contributed by atoms with van der Waals surface area (Å²) in [6, 6.07) is 7.42. The number of amides is 3. The highest BCUT2D eigenvalue weighted by atomic mass is 32.2. The molecule has 0 bridgehead atoms. The third-order valence-electron chi connectivity index (χ3n) is 3.92. The van der Waals surface area contributed by atoms with Gasteiger partial charge in [-0.2, -0.15) is 11.8 Å². The number of thioether (sulfide) groups is 1. The van der Waals surface area contributed by atoms with Crippen molar-refractivity contribution in [3.63, 3.8) is 0 Å². The van der Waals surface area contributed by atoms with E-state index in [4.69, 9.17) is 0 Å². The van der Waals surface area contributed by atoms with Gasteiger partial charge in [-0.05, 0) is 31.0 Å². The Labute approximate surface area is 142 Å². The standard InChI is InChI=1S/C17H25N3O2S/c1-3-13(2)18-17(22)19-15-6-4-14(5-7-15)12-16(21)20-8-10-23-11-9-20/h4-7,13H,3,8-12H2,1-2H3,(H2,18,19,22)/t13-/m0/s1. The predicted octanol–water partition coefficient (Wildman–Crippen LogP) is 2.72. The third-order valence-corrected chi connectivity index (χ3v) is 4.86. The van der Waals surface area contributed by atoms with Crippen LogP contribution in [0.1, 0.15) is 25.8 Å². The molecule has 126 valence electrons. The smallest absolute Gasteiger partial charge is 0.319 e. The van der Waals surface area contributed by atoms with Gasteiger partial charge in [0, 0.05) is 36.3 Å². The highest BCUT2D eigenvalue weighted by molar-refractivity contribution is 7.99. The van der Waals surface area contributed by atoms with E-state index in [0.717, 1.165) is 42.3 Å². The zero-order chi connectivity index (χ0) is 16.7. The minimum atomic E-state index is -0.200. The molecule has 23 heavy (non-hydrogen) atoms. The molecule has 0 aromatic heterocycles. The summed E-state index contributed by atoms with van der Waals surface area (Å²) in [5.41, 5.74) is 1.71.